The number of hydrazone groups is 1. The Morgan fingerprint density at radius 3 is 3.00 bits per heavy atom. The smallest absolute Gasteiger partial charge is 0.355 e. The van der Waals surface area contributed by atoms with Crippen molar-refractivity contribution in [3.05, 3.63) is 35.5 Å². The lowest BCUT2D eigenvalue weighted by Gasteiger charge is -2.00. The summed E-state index contributed by atoms with van der Waals surface area (Å²) in [5.74, 6) is -0.430. The lowest BCUT2D eigenvalue weighted by Crippen LogP contribution is -2.24. The predicted octanol–water partition coefficient (Wildman–Crippen LogP) is 1.51. The molecular formula is C13H14N4O2S. The number of para-hydroxylation sites is 1. The molecule has 0 spiro atoms. The number of nitrogens with two attached hydrogens (primary N) is 1. The molecule has 0 saturated heterocycles. The zero-order chi connectivity index (χ0) is 14.5. The van der Waals surface area contributed by atoms with Gasteiger partial charge in [-0.05, 0) is 25.2 Å². The number of hydrogen-bond acceptors (Lipinski definition) is 4. The second-order valence-electron chi connectivity index (χ2n) is 3.91. The summed E-state index contributed by atoms with van der Waals surface area (Å²) in [6.07, 6.45) is 1.49. The molecule has 0 unspecified atom stereocenters. The molecule has 0 aliphatic heterocycles. The summed E-state index contributed by atoms with van der Waals surface area (Å²) >= 11 is 4.67. The maximum absolute atomic E-state index is 11.9. The van der Waals surface area contributed by atoms with Crippen molar-refractivity contribution in [2.45, 2.75) is 6.92 Å². The van der Waals surface area contributed by atoms with Crippen molar-refractivity contribution in [3.63, 3.8) is 0 Å². The number of benzene rings is 1. The summed E-state index contributed by atoms with van der Waals surface area (Å²) < 4.78 is 5.02. The Morgan fingerprint density at radius 1 is 1.55 bits per heavy atom. The molecule has 0 amide bonds. The first kappa shape index (κ1) is 14.0. The van der Waals surface area contributed by atoms with Gasteiger partial charge in [0.2, 0.25) is 0 Å². The molecular weight excluding hydrogens is 276 g/mol. The summed E-state index contributed by atoms with van der Waals surface area (Å²) in [7, 11) is 0. The van der Waals surface area contributed by atoms with Crippen LogP contribution in [0.1, 0.15) is 23.0 Å². The molecule has 6 nitrogen and oxygen atoms in total. The molecule has 104 valence electrons. The van der Waals surface area contributed by atoms with Gasteiger partial charge in [-0.1, -0.05) is 18.2 Å². The molecule has 1 aromatic heterocycles. The fraction of sp³-hybridized carbons (Fsp3) is 0.154. The molecule has 20 heavy (non-hydrogen) atoms. The van der Waals surface area contributed by atoms with Gasteiger partial charge < -0.3 is 15.5 Å². The first-order valence-electron chi connectivity index (χ1n) is 5.99. The molecule has 0 bridgehead atoms. The zero-order valence-electron chi connectivity index (χ0n) is 10.8. The number of thiocarbonyl (C=S) groups is 1. The summed E-state index contributed by atoms with van der Waals surface area (Å²) in [5, 5.41) is 4.82. The Labute approximate surface area is 121 Å². The fourth-order valence-corrected chi connectivity index (χ4v) is 1.88. The summed E-state index contributed by atoms with van der Waals surface area (Å²) in [6, 6.07) is 7.51. The first-order valence-corrected chi connectivity index (χ1v) is 6.40. The summed E-state index contributed by atoms with van der Waals surface area (Å²) in [6.45, 7) is 2.05. The number of nitrogens with one attached hydrogen (secondary N) is 2. The lowest BCUT2D eigenvalue weighted by atomic mass is 10.1. The quantitative estimate of drug-likeness (QED) is 0.343. The average molecular weight is 290 g/mol. The van der Waals surface area contributed by atoms with Crippen LogP contribution in [0.4, 0.5) is 0 Å². The van der Waals surface area contributed by atoms with Crippen molar-refractivity contribution >= 4 is 40.4 Å². The largest absolute Gasteiger partial charge is 0.461 e. The topological polar surface area (TPSA) is 92.5 Å². The number of esters is 1. The van der Waals surface area contributed by atoms with Crippen molar-refractivity contribution in [1.82, 2.24) is 10.4 Å². The van der Waals surface area contributed by atoms with Crippen molar-refractivity contribution in [2.75, 3.05) is 6.61 Å². The van der Waals surface area contributed by atoms with Gasteiger partial charge in [-0.2, -0.15) is 5.10 Å². The molecule has 2 aromatic rings. The second-order valence-corrected chi connectivity index (χ2v) is 4.35. The number of H-pyrrole nitrogens is 1. The van der Waals surface area contributed by atoms with Gasteiger partial charge in [-0.15, -0.1) is 0 Å². The van der Waals surface area contributed by atoms with Crippen molar-refractivity contribution in [1.29, 1.82) is 0 Å². The number of aromatic nitrogens is 1. The van der Waals surface area contributed by atoms with E-state index in [-0.39, 0.29) is 5.11 Å². The number of carbonyl (C=O) groups is 1. The second kappa shape index (κ2) is 6.16. The molecule has 0 aliphatic rings. The number of rotatable bonds is 4. The van der Waals surface area contributed by atoms with Gasteiger partial charge in [-0.25, -0.2) is 4.79 Å². The van der Waals surface area contributed by atoms with Crippen LogP contribution < -0.4 is 11.2 Å². The van der Waals surface area contributed by atoms with Crippen molar-refractivity contribution < 1.29 is 9.53 Å². The van der Waals surface area contributed by atoms with Gasteiger partial charge in [-0.3, -0.25) is 5.43 Å². The van der Waals surface area contributed by atoms with E-state index in [9.17, 15) is 4.79 Å². The summed E-state index contributed by atoms with van der Waals surface area (Å²) in [5.41, 5.74) is 9.56. The number of aromatic amines is 1. The van der Waals surface area contributed by atoms with Gasteiger partial charge in [0, 0.05) is 16.5 Å². The van der Waals surface area contributed by atoms with Gasteiger partial charge in [0.05, 0.1) is 12.8 Å². The van der Waals surface area contributed by atoms with E-state index >= 15 is 0 Å². The van der Waals surface area contributed by atoms with E-state index in [1.807, 2.05) is 24.3 Å². The molecule has 0 atom stereocenters. The highest BCUT2D eigenvalue weighted by Gasteiger charge is 2.17. The Bertz CT molecular complexity index is 678. The minimum atomic E-state index is -0.430. The van der Waals surface area contributed by atoms with Crippen LogP contribution in [0.15, 0.2) is 29.4 Å². The monoisotopic (exact) mass is 290 g/mol. The van der Waals surface area contributed by atoms with Crippen molar-refractivity contribution in [3.8, 4) is 0 Å². The maximum atomic E-state index is 11.9. The molecule has 2 rings (SSSR count). The SMILES string of the molecule is CCOC(=O)c1[nH]c2ccccc2c1C=NNC(N)=S. The highest BCUT2D eigenvalue weighted by Crippen LogP contribution is 2.21. The van der Waals surface area contributed by atoms with E-state index in [4.69, 9.17) is 10.5 Å². The molecule has 4 N–H and O–H groups in total. The average Bonchev–Trinajstić information content (AvgIpc) is 2.78. The van der Waals surface area contributed by atoms with E-state index in [2.05, 4.69) is 27.7 Å². The van der Waals surface area contributed by atoms with E-state index in [1.54, 1.807) is 6.92 Å². The molecule has 0 saturated carbocycles. The Hall–Kier alpha value is -2.41. The number of fused-ring (bicyclic) bond motifs is 1. The Morgan fingerprint density at radius 2 is 2.30 bits per heavy atom. The molecule has 0 aliphatic carbocycles. The van der Waals surface area contributed by atoms with Crippen LogP contribution in [0.2, 0.25) is 0 Å². The predicted molar refractivity (Wildman–Crippen MR) is 81.8 cm³/mol. The van der Waals surface area contributed by atoms with Crippen LogP contribution in [-0.4, -0.2) is 28.9 Å². The third-order valence-corrected chi connectivity index (χ3v) is 2.69. The molecule has 0 fully saturated rings. The van der Waals surface area contributed by atoms with Crippen LogP contribution in [0.5, 0.6) is 0 Å². The zero-order valence-corrected chi connectivity index (χ0v) is 11.7. The number of carbonyl (C=O) groups excluding carboxylic acids is 1. The minimum absolute atomic E-state index is 0.0544. The fourth-order valence-electron chi connectivity index (χ4n) is 1.82. The molecule has 1 aromatic carbocycles. The van der Waals surface area contributed by atoms with Gasteiger partial charge in [0.25, 0.3) is 0 Å². The lowest BCUT2D eigenvalue weighted by molar-refractivity contribution is 0.0520. The van der Waals surface area contributed by atoms with E-state index in [0.717, 1.165) is 10.9 Å². The molecule has 1 heterocycles. The van der Waals surface area contributed by atoms with Crippen LogP contribution in [-0.2, 0) is 4.74 Å². The first-order chi connectivity index (χ1) is 9.63. The van der Waals surface area contributed by atoms with Crippen LogP contribution in [0, 0.1) is 0 Å². The van der Waals surface area contributed by atoms with E-state index in [1.165, 1.54) is 6.21 Å². The maximum Gasteiger partial charge on any atom is 0.355 e. The molecule has 7 heteroatoms. The van der Waals surface area contributed by atoms with Gasteiger partial charge >= 0.3 is 5.97 Å². The summed E-state index contributed by atoms with van der Waals surface area (Å²) in [4.78, 5) is 15.0. The van der Waals surface area contributed by atoms with Crippen LogP contribution >= 0.6 is 12.2 Å². The normalized spacial score (nSPS) is 10.8. The van der Waals surface area contributed by atoms with Crippen LogP contribution in [0.3, 0.4) is 0 Å². The number of hydrogen-bond donors (Lipinski definition) is 3. The third-order valence-electron chi connectivity index (χ3n) is 2.59. The Balaban J connectivity index is 2.47. The Kier molecular flexibility index (Phi) is 4.31. The highest BCUT2D eigenvalue weighted by molar-refractivity contribution is 7.80. The van der Waals surface area contributed by atoms with E-state index < -0.39 is 5.97 Å². The van der Waals surface area contributed by atoms with E-state index in [0.29, 0.717) is 17.9 Å². The number of nitrogens with zero attached hydrogens (tertiary/aromatic N) is 1. The van der Waals surface area contributed by atoms with Crippen molar-refractivity contribution in [2.24, 2.45) is 10.8 Å². The van der Waals surface area contributed by atoms with Gasteiger partial charge in [0.1, 0.15) is 5.69 Å². The van der Waals surface area contributed by atoms with Crippen LogP contribution in [0.25, 0.3) is 10.9 Å². The van der Waals surface area contributed by atoms with Gasteiger partial charge in [0.15, 0.2) is 5.11 Å². The standard InChI is InChI=1S/C13H14N4O2S/c1-2-19-12(18)11-9(7-15-17-13(14)20)8-5-3-4-6-10(8)16-11/h3-7,16H,2H2,1H3,(H3,14,17,20). The highest BCUT2D eigenvalue weighted by atomic mass is 32.1. The molecule has 0 radical (unpaired) electrons. The third kappa shape index (κ3) is 2.94. The minimum Gasteiger partial charge on any atom is -0.461 e. The number of ether oxygens (including phenoxy) is 1.